The molecule has 3 N–H and O–H groups in total. The van der Waals surface area contributed by atoms with Crippen LogP contribution in [-0.4, -0.2) is 23.9 Å². The van der Waals surface area contributed by atoms with E-state index in [2.05, 4.69) is 0 Å². The average molecular weight is 231 g/mol. The van der Waals surface area contributed by atoms with Crippen LogP contribution < -0.4 is 10.5 Å². The summed E-state index contributed by atoms with van der Waals surface area (Å²) in [5.41, 5.74) is 4.25. The molecule has 0 bridgehead atoms. The molecule has 0 amide bonds. The maximum atomic E-state index is 13.1. The van der Waals surface area contributed by atoms with Gasteiger partial charge >= 0.3 is 0 Å². The summed E-state index contributed by atoms with van der Waals surface area (Å²) in [6.45, 7) is 1.71. The monoisotopic (exact) mass is 231 g/mol. The van der Waals surface area contributed by atoms with Gasteiger partial charge in [-0.3, -0.25) is 0 Å². The number of nitrogens with two attached hydrogens (primary N) is 1. The Hall–Kier alpha value is -1.20. The lowest BCUT2D eigenvalue weighted by molar-refractivity contribution is 0.0448. The van der Waals surface area contributed by atoms with E-state index >= 15 is 0 Å². The lowest BCUT2D eigenvalue weighted by atomic mass is 10.0. The van der Waals surface area contributed by atoms with E-state index in [-0.39, 0.29) is 25.3 Å². The summed E-state index contributed by atoms with van der Waals surface area (Å²) in [6.07, 6.45) is 0.249. The van der Waals surface area contributed by atoms with E-state index in [9.17, 15) is 13.9 Å². The number of ether oxygens (including phenoxy) is 1. The van der Waals surface area contributed by atoms with Crippen LogP contribution in [0.25, 0.3) is 0 Å². The zero-order valence-corrected chi connectivity index (χ0v) is 9.04. The fourth-order valence-corrected chi connectivity index (χ4v) is 1.07. The number of benzene rings is 1. The molecule has 0 radical (unpaired) electrons. The highest BCUT2D eigenvalue weighted by molar-refractivity contribution is 5.24. The average Bonchev–Trinajstić information content (AvgIpc) is 2.23. The minimum Gasteiger partial charge on any atom is -0.490 e. The Bertz CT molecular complexity index is 356. The van der Waals surface area contributed by atoms with Gasteiger partial charge in [0.25, 0.3) is 0 Å². The maximum absolute atomic E-state index is 13.1. The van der Waals surface area contributed by atoms with Crippen LogP contribution in [0.4, 0.5) is 8.78 Å². The summed E-state index contributed by atoms with van der Waals surface area (Å²) in [5, 5.41) is 9.55. The van der Waals surface area contributed by atoms with Crippen molar-refractivity contribution in [3.05, 3.63) is 29.8 Å². The van der Waals surface area contributed by atoms with Crippen LogP contribution in [0.2, 0.25) is 0 Å². The highest BCUT2D eigenvalue weighted by Gasteiger charge is 2.18. The van der Waals surface area contributed by atoms with Crippen molar-refractivity contribution in [3.63, 3.8) is 0 Å². The summed E-state index contributed by atoms with van der Waals surface area (Å²) in [4.78, 5) is 0. The molecule has 1 aromatic carbocycles. The van der Waals surface area contributed by atoms with E-state index in [1.54, 1.807) is 6.92 Å². The molecule has 0 saturated heterocycles. The fraction of sp³-hybridized carbons (Fsp3) is 0.455. The highest BCUT2D eigenvalue weighted by Crippen LogP contribution is 2.19. The molecule has 0 spiro atoms. The van der Waals surface area contributed by atoms with Gasteiger partial charge in [0.2, 0.25) is 0 Å². The molecule has 1 rings (SSSR count). The predicted molar refractivity (Wildman–Crippen MR) is 56.1 cm³/mol. The number of hydrogen-bond acceptors (Lipinski definition) is 3. The molecule has 0 aliphatic heterocycles. The second kappa shape index (κ2) is 5.23. The third kappa shape index (κ3) is 3.75. The normalized spacial score (nSPS) is 14.6. The number of rotatable bonds is 5. The van der Waals surface area contributed by atoms with Crippen LogP contribution in [-0.2, 0) is 0 Å². The quantitative estimate of drug-likeness (QED) is 0.806. The molecule has 0 aromatic heterocycles. The summed E-state index contributed by atoms with van der Waals surface area (Å²) in [5.74, 6) is -1.36. The first-order valence-corrected chi connectivity index (χ1v) is 4.95. The first-order chi connectivity index (χ1) is 7.44. The van der Waals surface area contributed by atoms with Crippen molar-refractivity contribution < 1.29 is 18.6 Å². The third-order valence-corrected chi connectivity index (χ3v) is 2.23. The van der Waals surface area contributed by atoms with E-state index in [0.717, 1.165) is 18.2 Å². The Labute approximate surface area is 92.8 Å². The molecule has 1 unspecified atom stereocenters. The first-order valence-electron chi connectivity index (χ1n) is 4.95. The molecule has 1 aromatic rings. The van der Waals surface area contributed by atoms with Gasteiger partial charge < -0.3 is 15.6 Å². The molecule has 0 saturated carbocycles. The predicted octanol–water partition coefficient (Wildman–Crippen LogP) is 1.44. The van der Waals surface area contributed by atoms with Crippen molar-refractivity contribution in [1.82, 2.24) is 0 Å². The molecule has 3 nitrogen and oxygen atoms in total. The van der Waals surface area contributed by atoms with Gasteiger partial charge in [-0.1, -0.05) is 0 Å². The van der Waals surface area contributed by atoms with Crippen molar-refractivity contribution in [2.45, 2.75) is 18.9 Å². The molecule has 5 heteroatoms. The standard InChI is InChI=1S/C11H15F2NO2/c1-11(15,7-14)4-5-16-10-6-8(12)2-3-9(10)13/h2-3,6,15H,4-5,7,14H2,1H3. The summed E-state index contributed by atoms with van der Waals surface area (Å²) < 4.78 is 30.9. The molecule has 0 aliphatic rings. The third-order valence-electron chi connectivity index (χ3n) is 2.23. The molecule has 1 atom stereocenters. The Morgan fingerprint density at radius 1 is 1.44 bits per heavy atom. The van der Waals surface area contributed by atoms with E-state index in [1.807, 2.05) is 0 Å². The van der Waals surface area contributed by atoms with Gasteiger partial charge in [-0.05, 0) is 19.1 Å². The van der Waals surface area contributed by atoms with Gasteiger partial charge in [0.05, 0.1) is 12.2 Å². The SMILES string of the molecule is CC(O)(CN)CCOc1cc(F)ccc1F. The zero-order chi connectivity index (χ0) is 12.2. The number of halogens is 2. The Morgan fingerprint density at radius 3 is 2.75 bits per heavy atom. The minimum atomic E-state index is -1.05. The van der Waals surface area contributed by atoms with E-state index in [1.165, 1.54) is 0 Å². The topological polar surface area (TPSA) is 55.5 Å². The number of hydrogen-bond donors (Lipinski definition) is 2. The van der Waals surface area contributed by atoms with Crippen LogP contribution in [0.15, 0.2) is 18.2 Å². The van der Waals surface area contributed by atoms with Crippen LogP contribution in [0.1, 0.15) is 13.3 Å². The molecular formula is C11H15F2NO2. The van der Waals surface area contributed by atoms with Crippen molar-refractivity contribution in [3.8, 4) is 5.75 Å². The van der Waals surface area contributed by atoms with Gasteiger partial charge in [0.15, 0.2) is 11.6 Å². The van der Waals surface area contributed by atoms with Gasteiger partial charge in [-0.2, -0.15) is 0 Å². The molecule has 16 heavy (non-hydrogen) atoms. The fourth-order valence-electron chi connectivity index (χ4n) is 1.07. The summed E-state index contributed by atoms with van der Waals surface area (Å²) in [7, 11) is 0. The van der Waals surface area contributed by atoms with Gasteiger partial charge in [0.1, 0.15) is 5.82 Å². The van der Waals surface area contributed by atoms with Gasteiger partial charge in [-0.25, -0.2) is 8.78 Å². The minimum absolute atomic E-state index is 0.0740. The summed E-state index contributed by atoms with van der Waals surface area (Å²) in [6, 6.07) is 2.97. The van der Waals surface area contributed by atoms with Crippen molar-refractivity contribution in [2.24, 2.45) is 5.73 Å². The largest absolute Gasteiger partial charge is 0.490 e. The number of aliphatic hydroxyl groups is 1. The second-order valence-electron chi connectivity index (χ2n) is 3.87. The Kier molecular flexibility index (Phi) is 4.20. The zero-order valence-electron chi connectivity index (χ0n) is 9.04. The van der Waals surface area contributed by atoms with E-state index in [4.69, 9.17) is 10.5 Å². The molecule has 0 aliphatic carbocycles. The Morgan fingerprint density at radius 2 is 2.12 bits per heavy atom. The summed E-state index contributed by atoms with van der Waals surface area (Å²) >= 11 is 0. The van der Waals surface area contributed by atoms with Crippen molar-refractivity contribution in [1.29, 1.82) is 0 Å². The van der Waals surface area contributed by atoms with E-state index in [0.29, 0.717) is 0 Å². The highest BCUT2D eigenvalue weighted by atomic mass is 19.1. The lowest BCUT2D eigenvalue weighted by Crippen LogP contribution is -2.35. The van der Waals surface area contributed by atoms with Crippen LogP contribution >= 0.6 is 0 Å². The molecule has 0 fully saturated rings. The van der Waals surface area contributed by atoms with Crippen LogP contribution in [0, 0.1) is 11.6 Å². The molecule has 90 valence electrons. The second-order valence-corrected chi connectivity index (χ2v) is 3.87. The van der Waals surface area contributed by atoms with Crippen molar-refractivity contribution in [2.75, 3.05) is 13.2 Å². The lowest BCUT2D eigenvalue weighted by Gasteiger charge is -2.20. The first kappa shape index (κ1) is 12.9. The molecular weight excluding hydrogens is 216 g/mol. The van der Waals surface area contributed by atoms with Crippen molar-refractivity contribution >= 4 is 0 Å². The van der Waals surface area contributed by atoms with Crippen LogP contribution in [0.5, 0.6) is 5.75 Å². The van der Waals surface area contributed by atoms with E-state index < -0.39 is 17.2 Å². The smallest absolute Gasteiger partial charge is 0.165 e. The van der Waals surface area contributed by atoms with Crippen LogP contribution in [0.3, 0.4) is 0 Å². The van der Waals surface area contributed by atoms with Gasteiger partial charge in [0, 0.05) is 19.0 Å². The Balaban J connectivity index is 2.52. The maximum Gasteiger partial charge on any atom is 0.165 e. The molecule has 0 heterocycles. The van der Waals surface area contributed by atoms with Gasteiger partial charge in [-0.15, -0.1) is 0 Å².